The Morgan fingerprint density at radius 1 is 1.44 bits per heavy atom. The Bertz CT molecular complexity index is 291. The van der Waals surface area contributed by atoms with Crippen molar-refractivity contribution >= 4 is 47.8 Å². The molecule has 1 aliphatic carbocycles. The van der Waals surface area contributed by atoms with Crippen LogP contribution in [0.3, 0.4) is 0 Å². The van der Waals surface area contributed by atoms with Crippen molar-refractivity contribution in [2.75, 3.05) is 0 Å². The van der Waals surface area contributed by atoms with Crippen molar-refractivity contribution in [3.05, 3.63) is 10.5 Å². The number of rotatable bonds is 1. The van der Waals surface area contributed by atoms with Gasteiger partial charge in [0.05, 0.1) is 3.42 Å². The van der Waals surface area contributed by atoms with Crippen LogP contribution in [0.1, 0.15) is 53.4 Å². The first-order valence-corrected chi connectivity index (χ1v) is 8.07. The quantitative estimate of drug-likeness (QED) is 0.350. The molecule has 0 radical (unpaired) electrons. The molecule has 0 aromatic carbocycles. The van der Waals surface area contributed by atoms with Crippen molar-refractivity contribution in [2.24, 2.45) is 5.41 Å². The first-order valence-electron chi connectivity index (χ1n) is 6.03. The van der Waals surface area contributed by atoms with Gasteiger partial charge in [0.15, 0.2) is 0 Å². The summed E-state index contributed by atoms with van der Waals surface area (Å²) in [5.74, 6) is 0. The summed E-state index contributed by atoms with van der Waals surface area (Å²) in [6.45, 7) is 9.15. The molecule has 2 atom stereocenters. The van der Waals surface area contributed by atoms with Crippen LogP contribution in [0.4, 0.5) is 0 Å². The van der Waals surface area contributed by atoms with Crippen LogP contribution in [0, 0.1) is 5.41 Å². The number of thiol groups is 2. The third kappa shape index (κ3) is 2.61. The minimum Gasteiger partial charge on any atom is -0.174 e. The summed E-state index contributed by atoms with van der Waals surface area (Å²) in [4.78, 5) is 1.29. The molecule has 0 saturated heterocycles. The van der Waals surface area contributed by atoms with Crippen molar-refractivity contribution in [3.63, 3.8) is 0 Å². The van der Waals surface area contributed by atoms with Gasteiger partial charge in [0, 0.05) is 5.25 Å². The lowest BCUT2D eigenvalue weighted by molar-refractivity contribution is 0.330. The summed E-state index contributed by atoms with van der Waals surface area (Å²) in [6.07, 6.45) is 4.77. The molecule has 3 heteroatoms. The standard InChI is InChI=1S/C13H23IS2/c1-5-9-7-6-8-10(15)13(14,11(9)16)12(2,3)4/h10,15-16H,5-8H2,1-4H3. The Kier molecular flexibility index (Phi) is 5.17. The van der Waals surface area contributed by atoms with E-state index >= 15 is 0 Å². The molecule has 2 unspecified atom stereocenters. The number of hydrogen-bond donors (Lipinski definition) is 2. The zero-order chi connectivity index (χ0) is 12.6. The van der Waals surface area contributed by atoms with Gasteiger partial charge in [-0.15, -0.1) is 12.6 Å². The van der Waals surface area contributed by atoms with Gasteiger partial charge in [-0.2, -0.15) is 12.6 Å². The van der Waals surface area contributed by atoms with Crippen LogP contribution in [0.5, 0.6) is 0 Å². The fourth-order valence-corrected chi connectivity index (χ4v) is 4.70. The number of alkyl halides is 1. The Balaban J connectivity index is 3.29. The Morgan fingerprint density at radius 2 is 2.00 bits per heavy atom. The van der Waals surface area contributed by atoms with Crippen LogP contribution >= 0.6 is 47.8 Å². The van der Waals surface area contributed by atoms with Gasteiger partial charge in [0.1, 0.15) is 0 Å². The van der Waals surface area contributed by atoms with E-state index in [4.69, 9.17) is 25.3 Å². The van der Waals surface area contributed by atoms with Gasteiger partial charge in [-0.25, -0.2) is 0 Å². The summed E-state index contributed by atoms with van der Waals surface area (Å²) in [6, 6.07) is 0. The SMILES string of the molecule is CCC1=C(S)C(I)(C(C)(C)C)C(S)CCC1. The van der Waals surface area contributed by atoms with E-state index in [1.807, 2.05) is 0 Å². The van der Waals surface area contributed by atoms with Crippen molar-refractivity contribution in [3.8, 4) is 0 Å². The molecular weight excluding hydrogens is 347 g/mol. The smallest absolute Gasteiger partial charge is 0.0690 e. The average molecular weight is 370 g/mol. The maximum atomic E-state index is 4.86. The van der Waals surface area contributed by atoms with E-state index in [1.165, 1.54) is 29.7 Å². The van der Waals surface area contributed by atoms with E-state index < -0.39 is 0 Å². The van der Waals surface area contributed by atoms with Gasteiger partial charge in [-0.3, -0.25) is 0 Å². The summed E-state index contributed by atoms with van der Waals surface area (Å²) in [5.41, 5.74) is 1.73. The minimum absolute atomic E-state index is 0.0683. The van der Waals surface area contributed by atoms with E-state index in [9.17, 15) is 0 Å². The zero-order valence-electron chi connectivity index (χ0n) is 10.7. The van der Waals surface area contributed by atoms with Gasteiger partial charge >= 0.3 is 0 Å². The van der Waals surface area contributed by atoms with E-state index in [0.717, 1.165) is 6.42 Å². The monoisotopic (exact) mass is 370 g/mol. The molecule has 0 spiro atoms. The number of halogens is 1. The molecule has 1 rings (SSSR count). The van der Waals surface area contributed by atoms with E-state index in [1.54, 1.807) is 0 Å². The molecule has 1 aliphatic rings. The highest BCUT2D eigenvalue weighted by Crippen LogP contribution is 2.54. The van der Waals surface area contributed by atoms with Gasteiger partial charge in [0.2, 0.25) is 0 Å². The summed E-state index contributed by atoms with van der Waals surface area (Å²) in [5, 5.41) is 0.407. The lowest BCUT2D eigenvalue weighted by Gasteiger charge is -2.44. The largest absolute Gasteiger partial charge is 0.174 e. The highest BCUT2D eigenvalue weighted by atomic mass is 127. The Morgan fingerprint density at radius 3 is 2.44 bits per heavy atom. The molecule has 0 heterocycles. The normalized spacial score (nSPS) is 32.8. The maximum absolute atomic E-state index is 4.86. The highest BCUT2D eigenvalue weighted by Gasteiger charge is 2.48. The van der Waals surface area contributed by atoms with E-state index in [0.29, 0.717) is 5.25 Å². The highest BCUT2D eigenvalue weighted by molar-refractivity contribution is 14.1. The summed E-state index contributed by atoms with van der Waals surface area (Å²) in [7, 11) is 0. The fraction of sp³-hybridized carbons (Fsp3) is 0.846. The fourth-order valence-electron chi connectivity index (χ4n) is 2.44. The second-order valence-electron chi connectivity index (χ2n) is 5.68. The second-order valence-corrected chi connectivity index (χ2v) is 8.45. The molecule has 0 N–H and O–H groups in total. The van der Waals surface area contributed by atoms with Crippen LogP contribution in [-0.2, 0) is 0 Å². The van der Waals surface area contributed by atoms with Crippen molar-refractivity contribution in [2.45, 2.75) is 62.0 Å². The van der Waals surface area contributed by atoms with Gasteiger partial charge < -0.3 is 0 Å². The Labute approximate surface area is 125 Å². The molecule has 0 nitrogen and oxygen atoms in total. The van der Waals surface area contributed by atoms with Crippen LogP contribution < -0.4 is 0 Å². The predicted molar refractivity (Wildman–Crippen MR) is 89.1 cm³/mol. The first-order chi connectivity index (χ1) is 7.25. The molecule has 16 heavy (non-hydrogen) atoms. The molecule has 0 saturated carbocycles. The lowest BCUT2D eigenvalue weighted by Crippen LogP contribution is -2.45. The molecule has 94 valence electrons. The molecule has 0 fully saturated rings. The Hall–Kier alpha value is 1.17. The topological polar surface area (TPSA) is 0 Å². The van der Waals surface area contributed by atoms with Crippen LogP contribution in [0.25, 0.3) is 0 Å². The molecule has 0 aromatic rings. The third-order valence-electron chi connectivity index (χ3n) is 3.61. The maximum Gasteiger partial charge on any atom is 0.0690 e. The van der Waals surface area contributed by atoms with Gasteiger partial charge in [0.25, 0.3) is 0 Å². The molecule has 0 aromatic heterocycles. The number of hydrogen-bond acceptors (Lipinski definition) is 2. The zero-order valence-corrected chi connectivity index (χ0v) is 14.6. The first kappa shape index (κ1) is 15.2. The van der Waals surface area contributed by atoms with E-state index in [2.05, 4.69) is 50.3 Å². The molecule has 0 bridgehead atoms. The summed E-state index contributed by atoms with van der Waals surface area (Å²) < 4.78 is 0.0683. The molecular formula is C13H23IS2. The van der Waals surface area contributed by atoms with Gasteiger partial charge in [-0.05, 0) is 36.0 Å². The lowest BCUT2D eigenvalue weighted by atomic mass is 9.77. The van der Waals surface area contributed by atoms with Crippen LogP contribution in [0.15, 0.2) is 10.5 Å². The van der Waals surface area contributed by atoms with E-state index in [-0.39, 0.29) is 8.84 Å². The third-order valence-corrected chi connectivity index (χ3v) is 8.76. The van der Waals surface area contributed by atoms with Crippen LogP contribution in [-0.4, -0.2) is 8.67 Å². The number of allylic oxidation sites excluding steroid dienone is 2. The molecule has 0 amide bonds. The summed E-state index contributed by atoms with van der Waals surface area (Å²) >= 11 is 12.3. The van der Waals surface area contributed by atoms with Gasteiger partial charge in [-0.1, -0.05) is 55.9 Å². The van der Waals surface area contributed by atoms with Crippen LogP contribution in [0.2, 0.25) is 0 Å². The van der Waals surface area contributed by atoms with Crippen molar-refractivity contribution in [1.82, 2.24) is 0 Å². The van der Waals surface area contributed by atoms with Crippen molar-refractivity contribution in [1.29, 1.82) is 0 Å². The molecule has 0 aliphatic heterocycles. The minimum atomic E-state index is 0.0683. The predicted octanol–water partition coefficient (Wildman–Crippen LogP) is 5.28. The second kappa shape index (κ2) is 5.43. The average Bonchev–Trinajstić information content (AvgIpc) is 2.29. The van der Waals surface area contributed by atoms with Crippen molar-refractivity contribution < 1.29 is 0 Å².